The highest BCUT2D eigenvalue weighted by atomic mass is 32.1. The highest BCUT2D eigenvalue weighted by molar-refractivity contribution is 7.12. The average molecular weight is 423 g/mol. The molecule has 0 saturated carbocycles. The van der Waals surface area contributed by atoms with Crippen LogP contribution in [-0.4, -0.2) is 17.9 Å². The van der Waals surface area contributed by atoms with Gasteiger partial charge in [0.05, 0.1) is 4.88 Å². The number of amides is 2. The third-order valence-electron chi connectivity index (χ3n) is 4.64. The van der Waals surface area contributed by atoms with Crippen molar-refractivity contribution in [3.8, 4) is 5.75 Å². The Bertz CT molecular complexity index is 956. The van der Waals surface area contributed by atoms with Crippen LogP contribution in [0.15, 0.2) is 72.1 Å². The van der Waals surface area contributed by atoms with Crippen LogP contribution in [0.2, 0.25) is 0 Å². The molecule has 0 aliphatic rings. The molecule has 0 radical (unpaired) electrons. The molecule has 0 bridgehead atoms. The third-order valence-corrected chi connectivity index (χ3v) is 5.51. The number of carbonyl (C=O) groups excluding carboxylic acids is 2. The lowest BCUT2D eigenvalue weighted by Gasteiger charge is -2.22. The Morgan fingerprint density at radius 2 is 1.70 bits per heavy atom. The number of hydrogen-bond donors (Lipinski definition) is 2. The minimum atomic E-state index is -0.614. The Morgan fingerprint density at radius 3 is 2.40 bits per heavy atom. The number of benzene rings is 2. The molecule has 6 heteroatoms. The summed E-state index contributed by atoms with van der Waals surface area (Å²) in [5.41, 5.74) is 1.96. The predicted molar refractivity (Wildman–Crippen MR) is 119 cm³/mol. The molecule has 0 aliphatic carbocycles. The number of carbonyl (C=O) groups is 2. The SMILES string of the molecule is CC(C)C(NC(=O)c1cccs1)C(=O)NCc1ccccc1OCc1ccccc1. The largest absolute Gasteiger partial charge is 0.489 e. The van der Waals surface area contributed by atoms with Crippen LogP contribution in [0.25, 0.3) is 0 Å². The highest BCUT2D eigenvalue weighted by Crippen LogP contribution is 2.19. The summed E-state index contributed by atoms with van der Waals surface area (Å²) in [4.78, 5) is 25.8. The van der Waals surface area contributed by atoms with E-state index < -0.39 is 6.04 Å². The molecule has 2 amide bonds. The van der Waals surface area contributed by atoms with Crippen LogP contribution in [0, 0.1) is 5.92 Å². The first-order valence-corrected chi connectivity index (χ1v) is 10.8. The molecular weight excluding hydrogens is 396 g/mol. The van der Waals surface area contributed by atoms with Gasteiger partial charge in [-0.15, -0.1) is 11.3 Å². The van der Waals surface area contributed by atoms with E-state index in [1.165, 1.54) is 11.3 Å². The maximum Gasteiger partial charge on any atom is 0.262 e. The van der Waals surface area contributed by atoms with Crippen LogP contribution >= 0.6 is 11.3 Å². The summed E-state index contributed by atoms with van der Waals surface area (Å²) < 4.78 is 5.96. The zero-order valence-electron chi connectivity index (χ0n) is 17.1. The van der Waals surface area contributed by atoms with E-state index >= 15 is 0 Å². The zero-order chi connectivity index (χ0) is 21.3. The summed E-state index contributed by atoms with van der Waals surface area (Å²) in [5.74, 6) is 0.238. The highest BCUT2D eigenvalue weighted by Gasteiger charge is 2.25. The van der Waals surface area contributed by atoms with Gasteiger partial charge in [0.25, 0.3) is 5.91 Å². The van der Waals surface area contributed by atoms with Crippen molar-refractivity contribution in [1.29, 1.82) is 0 Å². The molecule has 0 spiro atoms. The Hall–Kier alpha value is -3.12. The van der Waals surface area contributed by atoms with Crippen molar-refractivity contribution in [2.75, 3.05) is 0 Å². The van der Waals surface area contributed by atoms with Crippen molar-refractivity contribution in [3.63, 3.8) is 0 Å². The summed E-state index contributed by atoms with van der Waals surface area (Å²) in [5, 5.41) is 7.62. The van der Waals surface area contributed by atoms with Gasteiger partial charge in [-0.05, 0) is 29.0 Å². The van der Waals surface area contributed by atoms with Gasteiger partial charge >= 0.3 is 0 Å². The van der Waals surface area contributed by atoms with E-state index in [1.54, 1.807) is 6.07 Å². The van der Waals surface area contributed by atoms with E-state index in [1.807, 2.05) is 79.9 Å². The van der Waals surface area contributed by atoms with Crippen molar-refractivity contribution < 1.29 is 14.3 Å². The van der Waals surface area contributed by atoms with Gasteiger partial charge < -0.3 is 15.4 Å². The average Bonchev–Trinajstić information content (AvgIpc) is 3.30. The monoisotopic (exact) mass is 422 g/mol. The number of para-hydroxylation sites is 1. The van der Waals surface area contributed by atoms with Crippen LogP contribution in [0.1, 0.15) is 34.6 Å². The third kappa shape index (κ3) is 5.94. The molecular formula is C24H26N2O3S. The first kappa shape index (κ1) is 21.6. The molecule has 156 valence electrons. The first-order chi connectivity index (χ1) is 14.5. The van der Waals surface area contributed by atoms with Crippen molar-refractivity contribution in [2.24, 2.45) is 5.92 Å². The second-order valence-electron chi connectivity index (χ2n) is 7.27. The maximum absolute atomic E-state index is 12.8. The summed E-state index contributed by atoms with van der Waals surface area (Å²) in [6.07, 6.45) is 0. The molecule has 0 fully saturated rings. The van der Waals surface area contributed by atoms with Gasteiger partial charge in [-0.3, -0.25) is 9.59 Å². The van der Waals surface area contributed by atoms with E-state index in [0.29, 0.717) is 18.0 Å². The number of hydrogen-bond acceptors (Lipinski definition) is 4. The van der Waals surface area contributed by atoms with Crippen molar-refractivity contribution in [2.45, 2.75) is 33.0 Å². The van der Waals surface area contributed by atoms with Crippen LogP contribution < -0.4 is 15.4 Å². The lowest BCUT2D eigenvalue weighted by Crippen LogP contribution is -2.49. The molecule has 0 aliphatic heterocycles. The van der Waals surface area contributed by atoms with E-state index in [2.05, 4.69) is 10.6 Å². The maximum atomic E-state index is 12.8. The smallest absolute Gasteiger partial charge is 0.262 e. The van der Waals surface area contributed by atoms with Gasteiger partial charge in [0.15, 0.2) is 0 Å². The van der Waals surface area contributed by atoms with E-state index in [9.17, 15) is 9.59 Å². The van der Waals surface area contributed by atoms with Gasteiger partial charge in [-0.25, -0.2) is 0 Å². The van der Waals surface area contributed by atoms with Crippen LogP contribution in [0.5, 0.6) is 5.75 Å². The quantitative estimate of drug-likeness (QED) is 0.537. The molecule has 30 heavy (non-hydrogen) atoms. The normalized spacial score (nSPS) is 11.7. The molecule has 1 atom stereocenters. The van der Waals surface area contributed by atoms with Crippen molar-refractivity contribution in [3.05, 3.63) is 88.1 Å². The summed E-state index contributed by atoms with van der Waals surface area (Å²) >= 11 is 1.35. The Labute approximate surface area is 181 Å². The van der Waals surface area contributed by atoms with E-state index in [0.717, 1.165) is 16.9 Å². The molecule has 3 rings (SSSR count). The minimum Gasteiger partial charge on any atom is -0.489 e. The summed E-state index contributed by atoms with van der Waals surface area (Å²) in [6, 6.07) is 20.5. The molecule has 2 N–H and O–H groups in total. The summed E-state index contributed by atoms with van der Waals surface area (Å²) in [6.45, 7) is 4.60. The molecule has 0 saturated heterocycles. The van der Waals surface area contributed by atoms with Gasteiger partial charge in [0, 0.05) is 12.1 Å². The fraction of sp³-hybridized carbons (Fsp3) is 0.250. The van der Waals surface area contributed by atoms with Crippen LogP contribution in [0.3, 0.4) is 0 Å². The molecule has 2 aromatic carbocycles. The van der Waals surface area contributed by atoms with Gasteiger partial charge in [0.2, 0.25) is 5.91 Å². The molecule has 1 aromatic heterocycles. The number of ether oxygens (including phenoxy) is 1. The van der Waals surface area contributed by atoms with Gasteiger partial charge in [-0.1, -0.05) is 68.4 Å². The predicted octanol–water partition coefficient (Wildman–Crippen LogP) is 4.40. The van der Waals surface area contributed by atoms with Crippen molar-refractivity contribution >= 4 is 23.2 Å². The zero-order valence-corrected chi connectivity index (χ0v) is 17.9. The van der Waals surface area contributed by atoms with Crippen molar-refractivity contribution in [1.82, 2.24) is 10.6 Å². The first-order valence-electron chi connectivity index (χ1n) is 9.91. The molecule has 5 nitrogen and oxygen atoms in total. The fourth-order valence-corrected chi connectivity index (χ4v) is 3.60. The molecule has 1 heterocycles. The number of nitrogens with one attached hydrogen (secondary N) is 2. The number of rotatable bonds is 9. The molecule has 3 aromatic rings. The van der Waals surface area contributed by atoms with E-state index in [4.69, 9.17) is 4.74 Å². The standard InChI is InChI=1S/C24H26N2O3S/c1-17(2)22(26-23(27)21-13-8-14-30-21)24(28)25-15-19-11-6-7-12-20(19)29-16-18-9-4-3-5-10-18/h3-14,17,22H,15-16H2,1-2H3,(H,25,28)(H,26,27). The molecule has 1 unspecified atom stereocenters. The Balaban J connectivity index is 1.60. The van der Waals surface area contributed by atoms with Gasteiger partial charge in [0.1, 0.15) is 18.4 Å². The van der Waals surface area contributed by atoms with Crippen LogP contribution in [0.4, 0.5) is 0 Å². The minimum absolute atomic E-state index is 0.0431. The van der Waals surface area contributed by atoms with Crippen LogP contribution in [-0.2, 0) is 17.9 Å². The Morgan fingerprint density at radius 1 is 0.967 bits per heavy atom. The summed E-state index contributed by atoms with van der Waals surface area (Å²) in [7, 11) is 0. The lowest BCUT2D eigenvalue weighted by atomic mass is 10.0. The number of thiophene rings is 1. The second kappa shape index (κ2) is 10.6. The van der Waals surface area contributed by atoms with Gasteiger partial charge in [-0.2, -0.15) is 0 Å². The lowest BCUT2D eigenvalue weighted by molar-refractivity contribution is -0.124. The Kier molecular flexibility index (Phi) is 7.63. The van der Waals surface area contributed by atoms with E-state index in [-0.39, 0.29) is 17.7 Å². The second-order valence-corrected chi connectivity index (χ2v) is 8.22. The topological polar surface area (TPSA) is 67.4 Å². The fourth-order valence-electron chi connectivity index (χ4n) is 2.97.